The van der Waals surface area contributed by atoms with E-state index in [1.165, 1.54) is 12.1 Å². The number of amides is 1. The smallest absolute Gasteiger partial charge is 0.256 e. The Morgan fingerprint density at radius 1 is 1.37 bits per heavy atom. The molecule has 1 aromatic carbocycles. The summed E-state index contributed by atoms with van der Waals surface area (Å²) in [6.07, 6.45) is 2.09. The molecule has 1 saturated heterocycles. The second kappa shape index (κ2) is 4.76. The number of halogens is 2. The van der Waals surface area contributed by atoms with Crippen molar-refractivity contribution in [1.29, 1.82) is 0 Å². The molecule has 0 spiro atoms. The number of hydrogen-bond acceptors (Lipinski definition) is 2. The molecule has 3 atom stereocenters. The Morgan fingerprint density at radius 3 is 2.89 bits per heavy atom. The maximum atomic E-state index is 13.9. The Balaban J connectivity index is 1.81. The molecule has 2 aliphatic rings. The number of benzene rings is 1. The van der Waals surface area contributed by atoms with Crippen molar-refractivity contribution in [3.05, 3.63) is 34.6 Å². The molecule has 1 amide bonds. The quantitative estimate of drug-likeness (QED) is 0.859. The number of likely N-dealkylation sites (tertiary alicyclic amines) is 1. The highest BCUT2D eigenvalue weighted by Crippen LogP contribution is 2.37. The Hall–Kier alpha value is -1.13. The van der Waals surface area contributed by atoms with Gasteiger partial charge in [-0.3, -0.25) is 4.79 Å². The van der Waals surface area contributed by atoms with Crippen LogP contribution < -0.4 is 5.73 Å². The van der Waals surface area contributed by atoms with Gasteiger partial charge in [0.2, 0.25) is 0 Å². The number of rotatable bonds is 1. The monoisotopic (exact) mass is 282 g/mol. The molecule has 3 nitrogen and oxygen atoms in total. The fourth-order valence-electron chi connectivity index (χ4n) is 3.31. The minimum atomic E-state index is -0.629. The van der Waals surface area contributed by atoms with E-state index in [0.29, 0.717) is 24.9 Å². The van der Waals surface area contributed by atoms with Crippen molar-refractivity contribution in [2.24, 2.45) is 17.6 Å². The van der Waals surface area contributed by atoms with E-state index in [0.717, 1.165) is 12.8 Å². The minimum absolute atomic E-state index is 0.0121. The van der Waals surface area contributed by atoms with Crippen molar-refractivity contribution in [3.63, 3.8) is 0 Å². The number of fused-ring (bicyclic) bond motifs is 1. The van der Waals surface area contributed by atoms with Crippen molar-refractivity contribution < 1.29 is 9.18 Å². The zero-order valence-electron chi connectivity index (χ0n) is 10.5. The zero-order valence-corrected chi connectivity index (χ0v) is 11.2. The van der Waals surface area contributed by atoms with Gasteiger partial charge in [-0.25, -0.2) is 4.39 Å². The van der Waals surface area contributed by atoms with Gasteiger partial charge < -0.3 is 10.6 Å². The van der Waals surface area contributed by atoms with Gasteiger partial charge in [0.15, 0.2) is 5.82 Å². The van der Waals surface area contributed by atoms with Crippen LogP contribution in [0, 0.1) is 17.7 Å². The molecule has 0 bridgehead atoms. The van der Waals surface area contributed by atoms with Crippen LogP contribution in [0.1, 0.15) is 23.2 Å². The van der Waals surface area contributed by atoms with Crippen LogP contribution in [0.3, 0.4) is 0 Å². The van der Waals surface area contributed by atoms with Gasteiger partial charge in [0.05, 0.1) is 10.6 Å². The summed E-state index contributed by atoms with van der Waals surface area (Å²) in [5.41, 5.74) is 6.10. The Labute approximate surface area is 116 Å². The molecule has 2 fully saturated rings. The Morgan fingerprint density at radius 2 is 2.16 bits per heavy atom. The molecule has 1 aromatic rings. The van der Waals surface area contributed by atoms with E-state index in [-0.39, 0.29) is 22.5 Å². The molecule has 1 heterocycles. The summed E-state index contributed by atoms with van der Waals surface area (Å²) < 4.78 is 13.9. The van der Waals surface area contributed by atoms with Crippen LogP contribution in [0.15, 0.2) is 18.2 Å². The normalized spacial score (nSPS) is 29.6. The summed E-state index contributed by atoms with van der Waals surface area (Å²) in [7, 11) is 0. The van der Waals surface area contributed by atoms with E-state index in [1.54, 1.807) is 11.0 Å². The average Bonchev–Trinajstić information content (AvgIpc) is 2.95. The summed E-state index contributed by atoms with van der Waals surface area (Å²) in [6.45, 7) is 1.32. The lowest BCUT2D eigenvalue weighted by atomic mass is 9.98. The van der Waals surface area contributed by atoms with Gasteiger partial charge >= 0.3 is 0 Å². The highest BCUT2D eigenvalue weighted by Gasteiger charge is 2.42. The van der Waals surface area contributed by atoms with Crippen molar-refractivity contribution in [1.82, 2.24) is 4.90 Å². The number of hydrogen-bond donors (Lipinski definition) is 1. The van der Waals surface area contributed by atoms with E-state index in [1.807, 2.05) is 0 Å². The first-order valence-corrected chi connectivity index (χ1v) is 6.94. The predicted octanol–water partition coefficient (Wildman–Crippen LogP) is 2.29. The molecular formula is C14H16ClFN2O. The largest absolute Gasteiger partial charge is 0.338 e. The number of carbonyl (C=O) groups is 1. The van der Waals surface area contributed by atoms with E-state index in [2.05, 4.69) is 0 Å². The molecule has 19 heavy (non-hydrogen) atoms. The first-order valence-electron chi connectivity index (χ1n) is 6.57. The topological polar surface area (TPSA) is 46.3 Å². The predicted molar refractivity (Wildman–Crippen MR) is 71.5 cm³/mol. The van der Waals surface area contributed by atoms with Gasteiger partial charge in [-0.2, -0.15) is 0 Å². The maximum Gasteiger partial charge on any atom is 0.256 e. The lowest BCUT2D eigenvalue weighted by Crippen LogP contribution is -2.33. The molecule has 3 unspecified atom stereocenters. The highest BCUT2D eigenvalue weighted by atomic mass is 35.5. The fraction of sp³-hybridized carbons (Fsp3) is 0.500. The van der Waals surface area contributed by atoms with E-state index in [9.17, 15) is 9.18 Å². The van der Waals surface area contributed by atoms with E-state index in [4.69, 9.17) is 17.3 Å². The molecule has 1 saturated carbocycles. The highest BCUT2D eigenvalue weighted by molar-refractivity contribution is 6.31. The Kier molecular flexibility index (Phi) is 3.23. The first-order chi connectivity index (χ1) is 9.08. The fourth-order valence-corrected chi connectivity index (χ4v) is 3.49. The first kappa shape index (κ1) is 12.9. The van der Waals surface area contributed by atoms with Crippen LogP contribution in [0.2, 0.25) is 5.02 Å². The third kappa shape index (κ3) is 2.13. The minimum Gasteiger partial charge on any atom is -0.338 e. The van der Waals surface area contributed by atoms with Crippen LogP contribution in [0.4, 0.5) is 4.39 Å². The average molecular weight is 283 g/mol. The second-order valence-electron chi connectivity index (χ2n) is 5.48. The zero-order chi connectivity index (χ0) is 13.6. The summed E-state index contributed by atoms with van der Waals surface area (Å²) in [4.78, 5) is 14.1. The van der Waals surface area contributed by atoms with Crippen LogP contribution >= 0.6 is 11.6 Å². The summed E-state index contributed by atoms with van der Waals surface area (Å²) in [5.74, 6) is -0.0653. The molecular weight excluding hydrogens is 267 g/mol. The van der Waals surface area contributed by atoms with Crippen molar-refractivity contribution in [2.45, 2.75) is 18.9 Å². The molecule has 3 rings (SSSR count). The van der Waals surface area contributed by atoms with Gasteiger partial charge in [0.1, 0.15) is 0 Å². The molecule has 1 aliphatic carbocycles. The van der Waals surface area contributed by atoms with E-state index >= 15 is 0 Å². The third-order valence-electron chi connectivity index (χ3n) is 4.38. The van der Waals surface area contributed by atoms with E-state index < -0.39 is 5.82 Å². The van der Waals surface area contributed by atoms with Crippen molar-refractivity contribution >= 4 is 17.5 Å². The van der Waals surface area contributed by atoms with Gasteiger partial charge in [-0.1, -0.05) is 17.7 Å². The van der Waals surface area contributed by atoms with Gasteiger partial charge in [0, 0.05) is 19.1 Å². The van der Waals surface area contributed by atoms with Crippen LogP contribution in [0.25, 0.3) is 0 Å². The van der Waals surface area contributed by atoms with Crippen molar-refractivity contribution in [3.8, 4) is 0 Å². The molecule has 0 aromatic heterocycles. The van der Waals surface area contributed by atoms with Crippen LogP contribution in [-0.2, 0) is 0 Å². The summed E-state index contributed by atoms with van der Waals surface area (Å²) in [5, 5.41) is -0.0121. The third-order valence-corrected chi connectivity index (χ3v) is 4.67. The molecule has 1 aliphatic heterocycles. The number of nitrogens with two attached hydrogens (primary N) is 1. The molecule has 2 N–H and O–H groups in total. The maximum absolute atomic E-state index is 13.9. The Bertz CT molecular complexity index is 522. The molecule has 5 heteroatoms. The van der Waals surface area contributed by atoms with Crippen LogP contribution in [-0.4, -0.2) is 29.9 Å². The number of nitrogens with zero attached hydrogens (tertiary/aromatic N) is 1. The second-order valence-corrected chi connectivity index (χ2v) is 5.88. The summed E-state index contributed by atoms with van der Waals surface area (Å²) >= 11 is 5.72. The van der Waals surface area contributed by atoms with Gasteiger partial charge in [-0.15, -0.1) is 0 Å². The summed E-state index contributed by atoms with van der Waals surface area (Å²) in [6, 6.07) is 4.70. The van der Waals surface area contributed by atoms with Crippen LogP contribution in [0.5, 0.6) is 0 Å². The SMILES string of the molecule is NC1CCC2CN(C(=O)c3cccc(Cl)c3F)CC12. The molecule has 0 radical (unpaired) electrons. The molecule has 102 valence electrons. The van der Waals surface area contributed by atoms with Crippen molar-refractivity contribution in [2.75, 3.05) is 13.1 Å². The number of carbonyl (C=O) groups excluding carboxylic acids is 1. The lowest BCUT2D eigenvalue weighted by Gasteiger charge is -2.19. The van der Waals surface area contributed by atoms with Gasteiger partial charge in [-0.05, 0) is 36.8 Å². The standard InChI is InChI=1S/C14H16ClFN2O/c15-11-3-1-2-9(13(11)16)14(19)18-6-8-4-5-12(17)10(8)7-18/h1-3,8,10,12H,4-7,17H2. The lowest BCUT2D eigenvalue weighted by molar-refractivity contribution is 0.0775. The van der Waals surface area contributed by atoms with Gasteiger partial charge in [0.25, 0.3) is 5.91 Å².